The number of carbonyl (C=O) groups is 2. The summed E-state index contributed by atoms with van der Waals surface area (Å²) in [6, 6.07) is 28.1. The van der Waals surface area contributed by atoms with Crippen molar-refractivity contribution < 1.29 is 24.5 Å². The quantitative estimate of drug-likeness (QED) is 0.0568. The molecule has 226 valence electrons. The van der Waals surface area contributed by atoms with Gasteiger partial charge in [0.15, 0.2) is 4.34 Å². The lowest BCUT2D eigenvalue weighted by atomic mass is 9.95. The number of hydrogen-bond donors (Lipinski definition) is 2. The number of aromatic nitrogens is 2. The number of phenolic OH excluding ortho intramolecular Hbond substituents is 1. The molecule has 1 saturated heterocycles. The maximum absolute atomic E-state index is 13.5. The van der Waals surface area contributed by atoms with E-state index in [2.05, 4.69) is 10.2 Å². The highest BCUT2D eigenvalue weighted by Crippen LogP contribution is 2.44. The molecule has 4 aromatic carbocycles. The molecular weight excluding hydrogens is 607 g/mol. The molecule has 1 aliphatic rings. The molecule has 10 heteroatoms. The fraction of sp³-hybridized carbons (Fsp3) is 0.143. The number of anilines is 1. The Morgan fingerprint density at radius 2 is 1.69 bits per heavy atom. The lowest BCUT2D eigenvalue weighted by Gasteiger charge is -2.22. The van der Waals surface area contributed by atoms with Gasteiger partial charge in [-0.3, -0.25) is 14.5 Å². The number of aliphatic hydroxyl groups excluding tert-OH is 1. The number of nitrogens with zero attached hydrogens (tertiary/aromatic N) is 3. The number of ketones is 1. The Balaban J connectivity index is 1.30. The van der Waals surface area contributed by atoms with Crippen LogP contribution in [0.4, 0.5) is 5.13 Å². The molecule has 8 nitrogen and oxygen atoms in total. The molecule has 45 heavy (non-hydrogen) atoms. The van der Waals surface area contributed by atoms with Crippen molar-refractivity contribution in [2.24, 2.45) is 0 Å². The van der Waals surface area contributed by atoms with Gasteiger partial charge in [-0.25, -0.2) is 0 Å². The molecule has 1 fully saturated rings. The maximum atomic E-state index is 13.5. The third kappa shape index (κ3) is 6.47. The molecule has 0 radical (unpaired) electrons. The molecule has 0 bridgehead atoms. The number of hydrogen-bond acceptors (Lipinski definition) is 9. The van der Waals surface area contributed by atoms with Gasteiger partial charge in [-0.2, -0.15) is 0 Å². The number of Topliss-reactive ketones (excluding diaryl/α,β-unsaturated/α-hetero) is 1. The van der Waals surface area contributed by atoms with Crippen molar-refractivity contribution in [2.45, 2.75) is 36.6 Å². The van der Waals surface area contributed by atoms with Crippen LogP contribution in [0.1, 0.15) is 39.4 Å². The van der Waals surface area contributed by atoms with E-state index in [9.17, 15) is 19.8 Å². The number of ether oxygens (including phenoxy) is 1. The topological polar surface area (TPSA) is 113 Å². The van der Waals surface area contributed by atoms with Crippen molar-refractivity contribution in [1.82, 2.24) is 10.2 Å². The standard InChI is InChI=1S/C35H29N3O5S2/c1-21-10-12-23(13-11-21)20-44-35-37-36-34(45-35)38-30(25-8-5-9-27(39)18-25)29(32(41)33(38)42)31(40)24-14-16-28(17-15-24)43-19-26-7-4-3-6-22(26)2/h3-18,30,39-40H,19-20H2,1-2H3. The number of carbonyl (C=O) groups excluding carboxylic acids is 2. The highest BCUT2D eigenvalue weighted by atomic mass is 32.2. The van der Waals surface area contributed by atoms with Gasteiger partial charge >= 0.3 is 5.91 Å². The van der Waals surface area contributed by atoms with Crippen LogP contribution in [0.15, 0.2) is 107 Å². The number of aromatic hydroxyl groups is 1. The van der Waals surface area contributed by atoms with E-state index >= 15 is 0 Å². The number of aliphatic hydroxyl groups is 1. The summed E-state index contributed by atoms with van der Waals surface area (Å²) in [6.45, 7) is 4.43. The minimum atomic E-state index is -1.03. The molecule has 1 amide bonds. The molecule has 1 unspecified atom stereocenters. The number of aryl methyl sites for hydroxylation is 2. The normalized spacial score (nSPS) is 15.9. The number of amides is 1. The van der Waals surface area contributed by atoms with Crippen LogP contribution in [0.2, 0.25) is 0 Å². The SMILES string of the molecule is Cc1ccc(CSc2nnc(N3C(=O)C(=O)C(=C(O)c4ccc(OCc5ccccc5C)cc4)C3c3cccc(O)c3)s2)cc1. The first kappa shape index (κ1) is 30.1. The molecule has 2 heterocycles. The summed E-state index contributed by atoms with van der Waals surface area (Å²) >= 11 is 2.67. The Morgan fingerprint density at radius 3 is 2.42 bits per heavy atom. The summed E-state index contributed by atoms with van der Waals surface area (Å²) in [5.74, 6) is -0.828. The van der Waals surface area contributed by atoms with Crippen molar-refractivity contribution in [2.75, 3.05) is 4.90 Å². The van der Waals surface area contributed by atoms with Gasteiger partial charge in [-0.15, -0.1) is 10.2 Å². The van der Waals surface area contributed by atoms with Crippen LogP contribution in [0, 0.1) is 13.8 Å². The maximum Gasteiger partial charge on any atom is 0.301 e. The van der Waals surface area contributed by atoms with Crippen LogP contribution >= 0.6 is 23.1 Å². The second-order valence-corrected chi connectivity index (χ2v) is 12.8. The molecule has 1 atom stereocenters. The van der Waals surface area contributed by atoms with E-state index < -0.39 is 17.7 Å². The number of phenols is 1. The van der Waals surface area contributed by atoms with Gasteiger partial charge in [0, 0.05) is 11.3 Å². The van der Waals surface area contributed by atoms with Gasteiger partial charge in [0.25, 0.3) is 5.78 Å². The van der Waals surface area contributed by atoms with E-state index in [1.54, 1.807) is 36.4 Å². The minimum Gasteiger partial charge on any atom is -0.508 e. The zero-order chi connectivity index (χ0) is 31.5. The van der Waals surface area contributed by atoms with Crippen LogP contribution in [0.3, 0.4) is 0 Å². The number of benzene rings is 4. The van der Waals surface area contributed by atoms with Crippen LogP contribution < -0.4 is 9.64 Å². The monoisotopic (exact) mass is 635 g/mol. The molecule has 5 aromatic rings. The van der Waals surface area contributed by atoms with Crippen molar-refractivity contribution in [3.63, 3.8) is 0 Å². The molecule has 1 aromatic heterocycles. The van der Waals surface area contributed by atoms with Crippen molar-refractivity contribution >= 4 is 45.7 Å². The van der Waals surface area contributed by atoms with Crippen molar-refractivity contribution in [3.05, 3.63) is 136 Å². The fourth-order valence-electron chi connectivity index (χ4n) is 5.03. The molecule has 6 rings (SSSR count). The lowest BCUT2D eigenvalue weighted by Crippen LogP contribution is -2.29. The second kappa shape index (κ2) is 13.0. The molecule has 0 saturated carbocycles. The molecule has 0 spiro atoms. The van der Waals surface area contributed by atoms with E-state index in [0.717, 1.165) is 16.7 Å². The third-order valence-corrected chi connectivity index (χ3v) is 9.63. The average molecular weight is 636 g/mol. The predicted molar refractivity (Wildman–Crippen MR) is 175 cm³/mol. The van der Waals surface area contributed by atoms with E-state index in [0.29, 0.717) is 33.6 Å². The first-order valence-electron chi connectivity index (χ1n) is 14.2. The van der Waals surface area contributed by atoms with Gasteiger partial charge in [-0.1, -0.05) is 89.3 Å². The Morgan fingerprint density at radius 1 is 0.933 bits per heavy atom. The van der Waals surface area contributed by atoms with E-state index in [4.69, 9.17) is 4.74 Å². The Kier molecular flexibility index (Phi) is 8.68. The van der Waals surface area contributed by atoms with Gasteiger partial charge < -0.3 is 14.9 Å². The summed E-state index contributed by atoms with van der Waals surface area (Å²) in [6.07, 6.45) is 0. The largest absolute Gasteiger partial charge is 0.508 e. The lowest BCUT2D eigenvalue weighted by molar-refractivity contribution is -0.132. The van der Waals surface area contributed by atoms with Crippen LogP contribution in [0.25, 0.3) is 5.76 Å². The predicted octanol–water partition coefficient (Wildman–Crippen LogP) is 7.36. The van der Waals surface area contributed by atoms with Crippen molar-refractivity contribution in [1.29, 1.82) is 0 Å². The Bertz CT molecular complexity index is 1900. The smallest absolute Gasteiger partial charge is 0.301 e. The van der Waals surface area contributed by atoms with Gasteiger partial charge in [0.2, 0.25) is 5.13 Å². The average Bonchev–Trinajstić information content (AvgIpc) is 3.62. The molecular formula is C35H29N3O5S2. The van der Waals surface area contributed by atoms with Crippen LogP contribution in [-0.4, -0.2) is 32.1 Å². The third-order valence-electron chi connectivity index (χ3n) is 7.50. The van der Waals surface area contributed by atoms with E-state index in [1.165, 1.54) is 45.7 Å². The highest BCUT2D eigenvalue weighted by Gasteiger charge is 2.48. The summed E-state index contributed by atoms with van der Waals surface area (Å²) in [7, 11) is 0. The summed E-state index contributed by atoms with van der Waals surface area (Å²) in [5, 5.41) is 30.5. The minimum absolute atomic E-state index is 0.0418. The Labute approximate surface area is 268 Å². The highest BCUT2D eigenvalue weighted by molar-refractivity contribution is 8.00. The zero-order valence-electron chi connectivity index (χ0n) is 24.5. The van der Waals surface area contributed by atoms with E-state index in [-0.39, 0.29) is 22.2 Å². The van der Waals surface area contributed by atoms with Crippen molar-refractivity contribution in [3.8, 4) is 11.5 Å². The summed E-state index contributed by atoms with van der Waals surface area (Å²) in [4.78, 5) is 28.3. The summed E-state index contributed by atoms with van der Waals surface area (Å²) in [5.41, 5.74) is 5.15. The summed E-state index contributed by atoms with van der Waals surface area (Å²) < 4.78 is 6.56. The van der Waals surface area contributed by atoms with E-state index in [1.807, 2.05) is 62.4 Å². The first-order valence-corrected chi connectivity index (χ1v) is 16.0. The van der Waals surface area contributed by atoms with Gasteiger partial charge in [0.1, 0.15) is 23.9 Å². The number of thioether (sulfide) groups is 1. The van der Waals surface area contributed by atoms with Gasteiger partial charge in [-0.05, 0) is 72.5 Å². The number of rotatable bonds is 9. The molecule has 2 N–H and O–H groups in total. The molecule has 1 aliphatic heterocycles. The van der Waals surface area contributed by atoms with Crippen LogP contribution in [-0.2, 0) is 21.9 Å². The zero-order valence-corrected chi connectivity index (χ0v) is 26.1. The molecule has 0 aliphatic carbocycles. The van der Waals surface area contributed by atoms with Crippen LogP contribution in [0.5, 0.6) is 11.5 Å². The first-order chi connectivity index (χ1) is 21.8. The van der Waals surface area contributed by atoms with Gasteiger partial charge in [0.05, 0.1) is 11.6 Å². The fourth-order valence-corrected chi connectivity index (χ4v) is 6.85. The second-order valence-electron chi connectivity index (χ2n) is 10.6. The Hall–Kier alpha value is -4.93.